The average Bonchev–Trinajstić information content (AvgIpc) is 2.68. The lowest BCUT2D eigenvalue weighted by Crippen LogP contribution is -2.55. The van der Waals surface area contributed by atoms with Crippen LogP contribution in [0.4, 0.5) is 0 Å². The first-order valence-corrected chi connectivity index (χ1v) is 10.1. The zero-order valence-electron chi connectivity index (χ0n) is 16.9. The van der Waals surface area contributed by atoms with E-state index >= 15 is 0 Å². The van der Waals surface area contributed by atoms with Crippen molar-refractivity contribution in [3.63, 3.8) is 0 Å². The van der Waals surface area contributed by atoms with Gasteiger partial charge in [0, 0.05) is 32.7 Å². The molecule has 1 aliphatic rings. The van der Waals surface area contributed by atoms with Crippen LogP contribution in [0.5, 0.6) is 0 Å². The van der Waals surface area contributed by atoms with Crippen LogP contribution in [-0.2, 0) is 9.59 Å². The molecular formula is C21H34N4O2. The average molecular weight is 375 g/mol. The highest BCUT2D eigenvalue weighted by atomic mass is 16.2. The highest BCUT2D eigenvalue weighted by Crippen LogP contribution is 2.13. The van der Waals surface area contributed by atoms with E-state index in [1.807, 2.05) is 44.2 Å². The van der Waals surface area contributed by atoms with Gasteiger partial charge in [-0.1, -0.05) is 43.7 Å². The minimum Gasteiger partial charge on any atom is -0.355 e. The van der Waals surface area contributed by atoms with Crippen molar-refractivity contribution in [2.45, 2.75) is 45.7 Å². The third kappa shape index (κ3) is 6.96. The maximum Gasteiger partial charge on any atom is 0.237 e. The SMILES string of the molecule is CCCCNC(=O)CN1CCN(C(C)C(=O)NC(C)c2ccccc2)CC1. The molecule has 1 saturated heterocycles. The van der Waals surface area contributed by atoms with Crippen LogP contribution in [0.25, 0.3) is 0 Å². The summed E-state index contributed by atoms with van der Waals surface area (Å²) in [5, 5.41) is 6.07. The Morgan fingerprint density at radius 3 is 2.37 bits per heavy atom. The number of carbonyl (C=O) groups is 2. The topological polar surface area (TPSA) is 64.7 Å². The van der Waals surface area contributed by atoms with Crippen molar-refractivity contribution in [2.24, 2.45) is 0 Å². The fourth-order valence-corrected chi connectivity index (χ4v) is 3.30. The number of carbonyl (C=O) groups excluding carboxylic acids is 2. The standard InChI is InChI=1S/C21H34N4O2/c1-4-5-11-22-20(26)16-24-12-14-25(15-13-24)18(3)21(27)23-17(2)19-9-7-6-8-10-19/h6-10,17-18H,4-5,11-16H2,1-3H3,(H,22,26)(H,23,27). The first kappa shape index (κ1) is 21.4. The van der Waals surface area contributed by atoms with E-state index in [0.717, 1.165) is 51.1 Å². The van der Waals surface area contributed by atoms with E-state index in [1.54, 1.807) is 0 Å². The molecule has 6 nitrogen and oxygen atoms in total. The molecule has 1 fully saturated rings. The van der Waals surface area contributed by atoms with Gasteiger partial charge in [0.2, 0.25) is 11.8 Å². The summed E-state index contributed by atoms with van der Waals surface area (Å²) in [6.45, 7) is 10.5. The minimum atomic E-state index is -0.170. The van der Waals surface area contributed by atoms with Crippen LogP contribution in [-0.4, -0.2) is 66.9 Å². The molecule has 0 saturated carbocycles. The van der Waals surface area contributed by atoms with Crippen molar-refractivity contribution in [2.75, 3.05) is 39.3 Å². The third-order valence-corrected chi connectivity index (χ3v) is 5.21. The second kappa shape index (κ2) is 11.0. The second-order valence-corrected chi connectivity index (χ2v) is 7.33. The molecule has 1 aromatic rings. The number of piperazine rings is 1. The molecule has 0 radical (unpaired) electrons. The van der Waals surface area contributed by atoms with Crippen molar-refractivity contribution >= 4 is 11.8 Å². The third-order valence-electron chi connectivity index (χ3n) is 5.21. The zero-order chi connectivity index (χ0) is 19.6. The fourth-order valence-electron chi connectivity index (χ4n) is 3.30. The molecule has 1 aromatic carbocycles. The van der Waals surface area contributed by atoms with Crippen LogP contribution >= 0.6 is 0 Å². The van der Waals surface area contributed by atoms with Gasteiger partial charge < -0.3 is 10.6 Å². The van der Waals surface area contributed by atoms with E-state index in [9.17, 15) is 9.59 Å². The number of nitrogens with zero attached hydrogens (tertiary/aromatic N) is 2. The van der Waals surface area contributed by atoms with Crippen molar-refractivity contribution in [1.82, 2.24) is 20.4 Å². The predicted molar refractivity (Wildman–Crippen MR) is 108 cm³/mol. The summed E-state index contributed by atoms with van der Waals surface area (Å²) in [4.78, 5) is 28.9. The molecule has 2 atom stereocenters. The number of hydrogen-bond donors (Lipinski definition) is 2. The first-order valence-electron chi connectivity index (χ1n) is 10.1. The minimum absolute atomic E-state index is 0.00532. The summed E-state index contributed by atoms with van der Waals surface area (Å²) in [5.41, 5.74) is 1.11. The monoisotopic (exact) mass is 374 g/mol. The maximum atomic E-state index is 12.6. The summed E-state index contributed by atoms with van der Waals surface area (Å²) < 4.78 is 0. The van der Waals surface area contributed by atoms with Gasteiger partial charge in [-0.05, 0) is 25.8 Å². The van der Waals surface area contributed by atoms with Crippen LogP contribution < -0.4 is 10.6 Å². The Morgan fingerprint density at radius 1 is 1.07 bits per heavy atom. The molecule has 1 heterocycles. The molecule has 150 valence electrons. The summed E-state index contributed by atoms with van der Waals surface area (Å²) in [6, 6.07) is 9.83. The fraction of sp³-hybridized carbons (Fsp3) is 0.619. The van der Waals surface area contributed by atoms with E-state index in [2.05, 4.69) is 27.4 Å². The number of hydrogen-bond acceptors (Lipinski definition) is 4. The van der Waals surface area contributed by atoms with E-state index < -0.39 is 0 Å². The summed E-state index contributed by atoms with van der Waals surface area (Å²) in [5.74, 6) is 0.150. The Hall–Kier alpha value is -1.92. The van der Waals surface area contributed by atoms with E-state index in [-0.39, 0.29) is 23.9 Å². The summed E-state index contributed by atoms with van der Waals surface area (Å²) in [6.07, 6.45) is 2.11. The molecule has 6 heteroatoms. The molecular weight excluding hydrogens is 340 g/mol. The number of nitrogens with one attached hydrogen (secondary N) is 2. The van der Waals surface area contributed by atoms with Gasteiger partial charge >= 0.3 is 0 Å². The van der Waals surface area contributed by atoms with E-state index in [4.69, 9.17) is 0 Å². The van der Waals surface area contributed by atoms with Crippen LogP contribution in [0.3, 0.4) is 0 Å². The normalized spacial score (nSPS) is 17.9. The van der Waals surface area contributed by atoms with Gasteiger partial charge in [0.1, 0.15) is 0 Å². The lowest BCUT2D eigenvalue weighted by Gasteiger charge is -2.37. The first-order chi connectivity index (χ1) is 13.0. The van der Waals surface area contributed by atoms with Gasteiger partial charge in [-0.25, -0.2) is 0 Å². The lowest BCUT2D eigenvalue weighted by molar-refractivity contribution is -0.128. The Kier molecular flexibility index (Phi) is 8.75. The Bertz CT molecular complexity index is 585. The van der Waals surface area contributed by atoms with Crippen molar-refractivity contribution in [3.8, 4) is 0 Å². The van der Waals surface area contributed by atoms with Gasteiger partial charge in [0.05, 0.1) is 18.6 Å². The van der Waals surface area contributed by atoms with Crippen LogP contribution in [0, 0.1) is 0 Å². The predicted octanol–water partition coefficient (Wildman–Crippen LogP) is 1.79. The number of amides is 2. The van der Waals surface area contributed by atoms with Crippen molar-refractivity contribution in [3.05, 3.63) is 35.9 Å². The Morgan fingerprint density at radius 2 is 1.74 bits per heavy atom. The lowest BCUT2D eigenvalue weighted by atomic mass is 10.1. The van der Waals surface area contributed by atoms with Crippen LogP contribution in [0.2, 0.25) is 0 Å². The molecule has 2 amide bonds. The Labute approximate surface area is 163 Å². The van der Waals surface area contributed by atoms with Crippen LogP contribution in [0.1, 0.15) is 45.2 Å². The van der Waals surface area contributed by atoms with E-state index in [0.29, 0.717) is 6.54 Å². The summed E-state index contributed by atoms with van der Waals surface area (Å²) >= 11 is 0. The molecule has 0 aliphatic carbocycles. The Balaban J connectivity index is 1.73. The smallest absolute Gasteiger partial charge is 0.237 e. The van der Waals surface area contributed by atoms with Crippen LogP contribution in [0.15, 0.2) is 30.3 Å². The number of unbranched alkanes of at least 4 members (excludes halogenated alkanes) is 1. The highest BCUT2D eigenvalue weighted by molar-refractivity contribution is 5.81. The quantitative estimate of drug-likeness (QED) is 0.647. The number of benzene rings is 1. The van der Waals surface area contributed by atoms with Gasteiger partial charge in [0.15, 0.2) is 0 Å². The number of rotatable bonds is 9. The molecule has 1 aliphatic heterocycles. The van der Waals surface area contributed by atoms with Gasteiger partial charge in [-0.3, -0.25) is 19.4 Å². The summed E-state index contributed by atoms with van der Waals surface area (Å²) in [7, 11) is 0. The molecule has 0 spiro atoms. The molecule has 27 heavy (non-hydrogen) atoms. The van der Waals surface area contributed by atoms with Gasteiger partial charge in [-0.15, -0.1) is 0 Å². The van der Waals surface area contributed by atoms with Crippen molar-refractivity contribution < 1.29 is 9.59 Å². The van der Waals surface area contributed by atoms with Crippen molar-refractivity contribution in [1.29, 1.82) is 0 Å². The highest BCUT2D eigenvalue weighted by Gasteiger charge is 2.27. The molecule has 2 unspecified atom stereocenters. The molecule has 2 N–H and O–H groups in total. The van der Waals surface area contributed by atoms with Gasteiger partial charge in [-0.2, -0.15) is 0 Å². The largest absolute Gasteiger partial charge is 0.355 e. The zero-order valence-corrected chi connectivity index (χ0v) is 16.9. The van der Waals surface area contributed by atoms with Gasteiger partial charge in [0.25, 0.3) is 0 Å². The van der Waals surface area contributed by atoms with E-state index in [1.165, 1.54) is 0 Å². The maximum absolute atomic E-state index is 12.6. The molecule has 0 bridgehead atoms. The second-order valence-electron chi connectivity index (χ2n) is 7.33. The molecule has 0 aromatic heterocycles. The molecule has 2 rings (SSSR count).